The van der Waals surface area contributed by atoms with E-state index < -0.39 is 5.97 Å². The molecule has 0 heterocycles. The summed E-state index contributed by atoms with van der Waals surface area (Å²) < 4.78 is 12.6. The highest BCUT2D eigenvalue weighted by Crippen LogP contribution is 2.03. The number of carbonyl (C=O) groups excluding carboxylic acids is 1. The highest BCUT2D eigenvalue weighted by Gasteiger charge is 2.01. The van der Waals surface area contributed by atoms with Crippen molar-refractivity contribution in [1.29, 1.82) is 0 Å². The topological polar surface area (TPSA) is 78.8 Å². The van der Waals surface area contributed by atoms with Crippen LogP contribution in [-0.2, 0) is 9.59 Å². The van der Waals surface area contributed by atoms with Crippen LogP contribution in [0.2, 0.25) is 0 Å². The maximum absolute atomic E-state index is 12.6. The number of halogens is 1. The fourth-order valence-electron chi connectivity index (χ4n) is 1.52. The van der Waals surface area contributed by atoms with E-state index in [9.17, 15) is 14.0 Å². The van der Waals surface area contributed by atoms with E-state index in [0.29, 0.717) is 31.2 Å². The number of hydrazone groups is 1. The molecule has 0 aliphatic rings. The molecular weight excluding hydrogens is 263 g/mol. The summed E-state index contributed by atoms with van der Waals surface area (Å²) in [6, 6.07) is 5.73. The number of unbranched alkanes of at least 4 members (excludes halogenated alkanes) is 2. The molecule has 0 spiro atoms. The number of aliphatic carboxylic acids is 1. The number of amides is 1. The molecule has 0 bridgehead atoms. The highest BCUT2D eigenvalue weighted by atomic mass is 19.1. The molecule has 0 saturated heterocycles. The van der Waals surface area contributed by atoms with E-state index in [0.717, 1.165) is 0 Å². The molecule has 1 aromatic rings. The van der Waals surface area contributed by atoms with Gasteiger partial charge in [-0.25, -0.2) is 9.82 Å². The molecule has 0 aromatic heterocycles. The fraction of sp³-hybridized carbons (Fsp3) is 0.357. The van der Waals surface area contributed by atoms with Gasteiger partial charge in [0.15, 0.2) is 0 Å². The summed E-state index contributed by atoms with van der Waals surface area (Å²) in [5.41, 5.74) is 3.05. The molecule has 108 valence electrons. The molecule has 0 aliphatic carbocycles. The van der Waals surface area contributed by atoms with Crippen molar-refractivity contribution >= 4 is 18.1 Å². The zero-order valence-electron chi connectivity index (χ0n) is 11.0. The smallest absolute Gasteiger partial charge is 0.303 e. The van der Waals surface area contributed by atoms with Gasteiger partial charge >= 0.3 is 5.97 Å². The Morgan fingerprint density at radius 1 is 1.15 bits per heavy atom. The number of hydrogen-bond acceptors (Lipinski definition) is 3. The highest BCUT2D eigenvalue weighted by molar-refractivity contribution is 5.82. The minimum atomic E-state index is -0.821. The van der Waals surface area contributed by atoms with Crippen LogP contribution in [0.1, 0.15) is 37.7 Å². The third kappa shape index (κ3) is 7.25. The molecule has 1 aromatic carbocycles. The standard InChI is InChI=1S/C14H17FN2O3/c15-12-8-6-11(7-9-12)10-16-17-13(18)4-2-1-3-5-14(19)20/h6-10H,1-5H2,(H,17,18)(H,19,20)/b16-10+. The van der Waals surface area contributed by atoms with Crippen LogP contribution in [-0.4, -0.2) is 23.2 Å². The Balaban J connectivity index is 2.16. The van der Waals surface area contributed by atoms with Crippen molar-refractivity contribution in [2.24, 2.45) is 5.10 Å². The summed E-state index contributed by atoms with van der Waals surface area (Å²) in [5.74, 6) is -1.37. The lowest BCUT2D eigenvalue weighted by Gasteiger charge is -1.99. The minimum Gasteiger partial charge on any atom is -0.481 e. The first-order valence-corrected chi connectivity index (χ1v) is 6.37. The van der Waals surface area contributed by atoms with Crippen LogP contribution < -0.4 is 5.43 Å². The summed E-state index contributed by atoms with van der Waals surface area (Å²) in [6.07, 6.45) is 3.76. The number of carboxylic acids is 1. The van der Waals surface area contributed by atoms with Gasteiger partial charge in [0.1, 0.15) is 5.82 Å². The number of nitrogens with zero attached hydrogens (tertiary/aromatic N) is 1. The second-order valence-electron chi connectivity index (χ2n) is 4.30. The summed E-state index contributed by atoms with van der Waals surface area (Å²) in [5, 5.41) is 12.2. The molecule has 0 atom stereocenters. The van der Waals surface area contributed by atoms with E-state index in [2.05, 4.69) is 10.5 Å². The van der Waals surface area contributed by atoms with Crippen molar-refractivity contribution in [1.82, 2.24) is 5.43 Å². The molecular formula is C14H17FN2O3. The Kier molecular flexibility index (Phi) is 6.95. The lowest BCUT2D eigenvalue weighted by Crippen LogP contribution is -2.16. The molecule has 0 radical (unpaired) electrons. The molecule has 5 nitrogen and oxygen atoms in total. The average Bonchev–Trinajstić information content (AvgIpc) is 2.40. The maximum Gasteiger partial charge on any atom is 0.303 e. The summed E-state index contributed by atoms with van der Waals surface area (Å²) in [4.78, 5) is 21.7. The molecule has 6 heteroatoms. The first-order chi connectivity index (χ1) is 9.58. The van der Waals surface area contributed by atoms with Gasteiger partial charge in [-0.2, -0.15) is 5.10 Å². The van der Waals surface area contributed by atoms with Crippen LogP contribution in [0, 0.1) is 5.82 Å². The second-order valence-corrected chi connectivity index (χ2v) is 4.30. The monoisotopic (exact) mass is 280 g/mol. The SMILES string of the molecule is O=C(O)CCCCCC(=O)N/N=C/c1ccc(F)cc1. The number of carbonyl (C=O) groups is 2. The normalized spacial score (nSPS) is 10.7. The Morgan fingerprint density at radius 3 is 2.45 bits per heavy atom. The van der Waals surface area contributed by atoms with Crippen molar-refractivity contribution in [3.63, 3.8) is 0 Å². The molecule has 0 aliphatic heterocycles. The van der Waals surface area contributed by atoms with Gasteiger partial charge in [-0.15, -0.1) is 0 Å². The predicted molar refractivity (Wildman–Crippen MR) is 72.9 cm³/mol. The van der Waals surface area contributed by atoms with Crippen molar-refractivity contribution in [3.8, 4) is 0 Å². The van der Waals surface area contributed by atoms with E-state index in [1.165, 1.54) is 18.3 Å². The van der Waals surface area contributed by atoms with Gasteiger partial charge in [-0.1, -0.05) is 18.6 Å². The first-order valence-electron chi connectivity index (χ1n) is 6.37. The van der Waals surface area contributed by atoms with E-state index in [1.807, 2.05) is 0 Å². The van der Waals surface area contributed by atoms with Gasteiger partial charge in [0.25, 0.3) is 0 Å². The predicted octanol–water partition coefficient (Wildman–Crippen LogP) is 2.31. The summed E-state index contributed by atoms with van der Waals surface area (Å²) >= 11 is 0. The molecule has 0 saturated carbocycles. The van der Waals surface area contributed by atoms with Crippen LogP contribution in [0.15, 0.2) is 29.4 Å². The number of nitrogens with one attached hydrogen (secondary N) is 1. The van der Waals surface area contributed by atoms with Gasteiger partial charge in [0.2, 0.25) is 5.91 Å². The second kappa shape index (κ2) is 8.79. The Hall–Kier alpha value is -2.24. The molecule has 0 fully saturated rings. The van der Waals surface area contributed by atoms with Crippen molar-refractivity contribution < 1.29 is 19.1 Å². The van der Waals surface area contributed by atoms with Gasteiger partial charge in [0.05, 0.1) is 6.21 Å². The minimum absolute atomic E-state index is 0.129. The van der Waals surface area contributed by atoms with Crippen LogP contribution in [0.25, 0.3) is 0 Å². The van der Waals surface area contributed by atoms with Gasteiger partial charge in [-0.3, -0.25) is 9.59 Å². The Morgan fingerprint density at radius 2 is 1.80 bits per heavy atom. The number of hydrogen-bond donors (Lipinski definition) is 2. The van der Waals surface area contributed by atoms with Gasteiger partial charge < -0.3 is 5.11 Å². The largest absolute Gasteiger partial charge is 0.481 e. The van der Waals surface area contributed by atoms with Crippen LogP contribution >= 0.6 is 0 Å². The fourth-order valence-corrected chi connectivity index (χ4v) is 1.52. The quantitative estimate of drug-likeness (QED) is 0.435. The lowest BCUT2D eigenvalue weighted by atomic mass is 10.1. The van der Waals surface area contributed by atoms with Crippen molar-refractivity contribution in [2.45, 2.75) is 32.1 Å². The molecule has 20 heavy (non-hydrogen) atoms. The van der Waals surface area contributed by atoms with E-state index in [1.54, 1.807) is 12.1 Å². The number of rotatable bonds is 8. The number of benzene rings is 1. The Labute approximate surface area is 116 Å². The zero-order chi connectivity index (χ0) is 14.8. The van der Waals surface area contributed by atoms with E-state index in [4.69, 9.17) is 5.11 Å². The summed E-state index contributed by atoms with van der Waals surface area (Å²) in [6.45, 7) is 0. The van der Waals surface area contributed by atoms with Gasteiger partial charge in [-0.05, 0) is 30.5 Å². The molecule has 2 N–H and O–H groups in total. The Bertz CT molecular complexity index is 472. The summed E-state index contributed by atoms with van der Waals surface area (Å²) in [7, 11) is 0. The van der Waals surface area contributed by atoms with Crippen LogP contribution in [0.3, 0.4) is 0 Å². The van der Waals surface area contributed by atoms with Gasteiger partial charge in [0, 0.05) is 12.8 Å². The third-order valence-corrected chi connectivity index (χ3v) is 2.57. The zero-order valence-corrected chi connectivity index (χ0v) is 11.0. The van der Waals surface area contributed by atoms with Crippen molar-refractivity contribution in [3.05, 3.63) is 35.6 Å². The first kappa shape index (κ1) is 15.8. The average molecular weight is 280 g/mol. The molecule has 0 unspecified atom stereocenters. The lowest BCUT2D eigenvalue weighted by molar-refractivity contribution is -0.137. The van der Waals surface area contributed by atoms with Crippen LogP contribution in [0.5, 0.6) is 0 Å². The van der Waals surface area contributed by atoms with E-state index in [-0.39, 0.29) is 18.1 Å². The van der Waals surface area contributed by atoms with E-state index >= 15 is 0 Å². The van der Waals surface area contributed by atoms with Crippen LogP contribution in [0.4, 0.5) is 4.39 Å². The molecule has 1 amide bonds. The van der Waals surface area contributed by atoms with Crippen molar-refractivity contribution in [2.75, 3.05) is 0 Å². The maximum atomic E-state index is 12.6. The third-order valence-electron chi connectivity index (χ3n) is 2.57. The number of carboxylic acid groups (broad SMARTS) is 1. The molecule has 1 rings (SSSR count).